The smallest absolute Gasteiger partial charge is 0.324 e. The molecule has 0 radical (unpaired) electrons. The summed E-state index contributed by atoms with van der Waals surface area (Å²) in [5, 5.41) is 7.55. The highest BCUT2D eigenvalue weighted by molar-refractivity contribution is 8.00. The summed E-state index contributed by atoms with van der Waals surface area (Å²) in [6, 6.07) is 3.67. The highest BCUT2D eigenvalue weighted by Gasteiger charge is 2.48. The normalized spacial score (nSPS) is 16.9. The van der Waals surface area contributed by atoms with Gasteiger partial charge in [0.15, 0.2) is 5.65 Å². The van der Waals surface area contributed by atoms with E-state index in [1.165, 1.54) is 35.4 Å². The number of alkyl halides is 3. The minimum absolute atomic E-state index is 0.00508. The Bertz CT molecular complexity index is 1130. The van der Waals surface area contributed by atoms with E-state index in [0.717, 1.165) is 11.8 Å². The number of aryl methyl sites for hydroxylation is 1. The van der Waals surface area contributed by atoms with Crippen molar-refractivity contribution in [2.75, 3.05) is 16.0 Å². The first-order chi connectivity index (χ1) is 14.3. The van der Waals surface area contributed by atoms with E-state index in [4.69, 9.17) is 0 Å². The van der Waals surface area contributed by atoms with Gasteiger partial charge in [-0.25, -0.2) is 9.97 Å². The van der Waals surface area contributed by atoms with Gasteiger partial charge in [-0.2, -0.15) is 18.3 Å². The number of hydrogen-bond acceptors (Lipinski definition) is 6. The summed E-state index contributed by atoms with van der Waals surface area (Å²) >= 11 is 0.992. The van der Waals surface area contributed by atoms with Crippen molar-refractivity contribution in [3.63, 3.8) is 0 Å². The van der Waals surface area contributed by atoms with E-state index in [-0.39, 0.29) is 17.1 Å². The van der Waals surface area contributed by atoms with Crippen LogP contribution in [0.5, 0.6) is 0 Å². The molecule has 0 unspecified atom stereocenters. The molecule has 156 valence electrons. The lowest BCUT2D eigenvalue weighted by atomic mass is 10.1. The molecule has 1 aromatic carbocycles. The van der Waals surface area contributed by atoms with Crippen LogP contribution in [-0.4, -0.2) is 49.5 Å². The molecule has 30 heavy (non-hydrogen) atoms. The third kappa shape index (κ3) is 3.70. The maximum Gasteiger partial charge on any atom is 0.409 e. The van der Waals surface area contributed by atoms with E-state index < -0.39 is 30.5 Å². The third-order valence-electron chi connectivity index (χ3n) is 4.60. The van der Waals surface area contributed by atoms with Crippen LogP contribution >= 0.6 is 11.8 Å². The second-order valence-electron chi connectivity index (χ2n) is 6.56. The molecule has 12 heteroatoms. The molecule has 2 amide bonds. The summed E-state index contributed by atoms with van der Waals surface area (Å²) in [5.41, 5.74) is 0.706. The average molecular weight is 436 g/mol. The second kappa shape index (κ2) is 7.59. The zero-order chi connectivity index (χ0) is 21.5. The number of nitrogens with zero attached hydrogens (tertiary/aromatic N) is 5. The second-order valence-corrected chi connectivity index (χ2v) is 7.53. The number of aromatic nitrogens is 4. The summed E-state index contributed by atoms with van der Waals surface area (Å²) in [6.07, 6.45) is -2.82. The van der Waals surface area contributed by atoms with Crippen molar-refractivity contribution >= 4 is 46.0 Å². The molecule has 2 aromatic heterocycles. The van der Waals surface area contributed by atoms with Gasteiger partial charge in [0.1, 0.15) is 17.4 Å². The molecule has 0 saturated carbocycles. The lowest BCUT2D eigenvalue weighted by Gasteiger charge is -2.31. The predicted octanol–water partition coefficient (Wildman–Crippen LogP) is 2.76. The SMILES string of the molecule is Cn1ncc2c(SCC(=O)N3c4ccccc4NC(=O)C[C@@H]3C(F)(F)F)ncnc21. The quantitative estimate of drug-likeness (QED) is 0.501. The number of para-hydroxylation sites is 2. The molecular formula is C18H15F3N6O2S. The van der Waals surface area contributed by atoms with Crippen LogP contribution in [0.15, 0.2) is 41.8 Å². The molecule has 0 saturated heterocycles. The molecule has 0 aliphatic carbocycles. The van der Waals surface area contributed by atoms with Gasteiger partial charge >= 0.3 is 6.18 Å². The van der Waals surface area contributed by atoms with Gasteiger partial charge in [0.05, 0.1) is 35.1 Å². The van der Waals surface area contributed by atoms with E-state index in [1.807, 2.05) is 0 Å². The Labute approximate surface area is 172 Å². The Kier molecular flexibility index (Phi) is 5.10. The van der Waals surface area contributed by atoms with E-state index in [1.54, 1.807) is 13.1 Å². The highest BCUT2D eigenvalue weighted by Crippen LogP contribution is 2.38. The minimum Gasteiger partial charge on any atom is -0.324 e. The number of nitrogens with one attached hydrogen (secondary N) is 1. The molecule has 0 fully saturated rings. The van der Waals surface area contributed by atoms with E-state index >= 15 is 0 Å². The molecule has 3 aromatic rings. The molecule has 3 heterocycles. The number of fused-ring (bicyclic) bond motifs is 2. The van der Waals surface area contributed by atoms with Gasteiger partial charge in [-0.1, -0.05) is 23.9 Å². The molecule has 8 nitrogen and oxygen atoms in total. The number of anilines is 2. The van der Waals surface area contributed by atoms with Crippen molar-refractivity contribution in [3.05, 3.63) is 36.8 Å². The van der Waals surface area contributed by atoms with Crippen LogP contribution in [0.2, 0.25) is 0 Å². The zero-order valence-corrected chi connectivity index (χ0v) is 16.4. The molecule has 1 N–H and O–H groups in total. The number of thioether (sulfide) groups is 1. The topological polar surface area (TPSA) is 93.0 Å². The van der Waals surface area contributed by atoms with Gasteiger partial charge in [-0.3, -0.25) is 19.2 Å². The van der Waals surface area contributed by atoms with Gasteiger partial charge in [0, 0.05) is 7.05 Å². The fourth-order valence-electron chi connectivity index (χ4n) is 3.25. The number of carbonyl (C=O) groups is 2. The Morgan fingerprint density at radius 2 is 2.07 bits per heavy atom. The Balaban J connectivity index is 1.67. The fraction of sp³-hybridized carbons (Fsp3) is 0.278. The van der Waals surface area contributed by atoms with Crippen molar-refractivity contribution in [2.45, 2.75) is 23.7 Å². The van der Waals surface area contributed by atoms with Gasteiger partial charge in [-0.15, -0.1) is 0 Å². The van der Waals surface area contributed by atoms with Crippen molar-refractivity contribution in [1.29, 1.82) is 0 Å². The third-order valence-corrected chi connectivity index (χ3v) is 5.59. The number of halogens is 3. The van der Waals surface area contributed by atoms with Crippen LogP contribution in [0.25, 0.3) is 11.0 Å². The largest absolute Gasteiger partial charge is 0.409 e. The van der Waals surface area contributed by atoms with E-state index in [0.29, 0.717) is 21.0 Å². The summed E-state index contributed by atoms with van der Waals surface area (Å²) in [6.45, 7) is 0. The first kappa shape index (κ1) is 20.1. The van der Waals surface area contributed by atoms with E-state index in [9.17, 15) is 22.8 Å². The van der Waals surface area contributed by atoms with Gasteiger partial charge in [0.2, 0.25) is 11.8 Å². The number of carbonyl (C=O) groups excluding carboxylic acids is 2. The predicted molar refractivity (Wildman–Crippen MR) is 104 cm³/mol. The van der Waals surface area contributed by atoms with Gasteiger partial charge in [-0.05, 0) is 12.1 Å². The highest BCUT2D eigenvalue weighted by atomic mass is 32.2. The van der Waals surface area contributed by atoms with Crippen molar-refractivity contribution in [1.82, 2.24) is 19.7 Å². The van der Waals surface area contributed by atoms with Gasteiger partial charge < -0.3 is 5.32 Å². The summed E-state index contributed by atoms with van der Waals surface area (Å²) < 4.78 is 42.8. The Morgan fingerprint density at radius 3 is 2.83 bits per heavy atom. The Hall–Kier alpha value is -3.15. The molecule has 1 aliphatic heterocycles. The number of benzene rings is 1. The lowest BCUT2D eigenvalue weighted by molar-refractivity contribution is -0.157. The number of hydrogen-bond donors (Lipinski definition) is 1. The summed E-state index contributed by atoms with van der Waals surface area (Å²) in [5.74, 6) is -1.90. The molecule has 0 bridgehead atoms. The zero-order valence-electron chi connectivity index (χ0n) is 15.6. The molecule has 4 rings (SSSR count). The van der Waals surface area contributed by atoms with Crippen LogP contribution in [0.3, 0.4) is 0 Å². The van der Waals surface area contributed by atoms with Gasteiger partial charge in [0.25, 0.3) is 0 Å². The first-order valence-corrected chi connectivity index (χ1v) is 9.77. The monoisotopic (exact) mass is 436 g/mol. The van der Waals surface area contributed by atoms with Crippen molar-refractivity contribution in [2.24, 2.45) is 7.05 Å². The minimum atomic E-state index is -4.78. The van der Waals surface area contributed by atoms with Crippen LogP contribution in [0.4, 0.5) is 24.5 Å². The first-order valence-electron chi connectivity index (χ1n) is 8.79. The van der Waals surface area contributed by atoms with Crippen LogP contribution in [0, 0.1) is 0 Å². The van der Waals surface area contributed by atoms with Crippen molar-refractivity contribution < 1.29 is 22.8 Å². The molecular weight excluding hydrogens is 421 g/mol. The number of amides is 2. The summed E-state index contributed by atoms with van der Waals surface area (Å²) in [7, 11) is 1.70. The fourth-order valence-corrected chi connectivity index (χ4v) is 4.07. The molecule has 1 aliphatic rings. The Morgan fingerprint density at radius 1 is 1.30 bits per heavy atom. The van der Waals surface area contributed by atoms with Crippen LogP contribution in [-0.2, 0) is 16.6 Å². The maximum absolute atomic E-state index is 13.8. The summed E-state index contributed by atoms with van der Waals surface area (Å²) in [4.78, 5) is 33.9. The number of rotatable bonds is 3. The lowest BCUT2D eigenvalue weighted by Crippen LogP contribution is -2.50. The molecule has 1 atom stereocenters. The average Bonchev–Trinajstić information content (AvgIpc) is 2.99. The maximum atomic E-state index is 13.8. The van der Waals surface area contributed by atoms with E-state index in [2.05, 4.69) is 20.4 Å². The standard InChI is InChI=1S/C18H15F3N6O2S/c1-26-16-10(7-24-26)17(23-9-22-16)30-8-15(29)27-12-5-3-2-4-11(12)25-14(28)6-13(27)18(19,20)21/h2-5,7,9,13H,6,8H2,1H3,(H,25,28)/t13-/m1/s1. The van der Waals surface area contributed by atoms with Crippen LogP contribution in [0.1, 0.15) is 6.42 Å². The van der Waals surface area contributed by atoms with Crippen LogP contribution < -0.4 is 10.2 Å². The van der Waals surface area contributed by atoms with Crippen molar-refractivity contribution in [3.8, 4) is 0 Å². The molecule has 0 spiro atoms.